The molecule has 0 unspecified atom stereocenters. The van der Waals surface area contributed by atoms with Gasteiger partial charge in [-0.05, 0) is 35.9 Å². The van der Waals surface area contributed by atoms with Crippen molar-refractivity contribution in [2.24, 2.45) is 0 Å². The molecule has 2 aromatic rings. The fraction of sp³-hybridized carbons (Fsp3) is 0.188. The Kier molecular flexibility index (Phi) is 7.38. The van der Waals surface area contributed by atoms with Crippen LogP contribution in [0.2, 0.25) is 20.1 Å². The lowest BCUT2D eigenvalue weighted by Gasteiger charge is -2.08. The number of carbonyl (C=O) groups excluding carboxylic acids is 1. The van der Waals surface area contributed by atoms with Crippen LogP contribution in [-0.2, 0) is 5.75 Å². The topological polar surface area (TPSA) is 29.1 Å². The monoisotopic (exact) mass is 407 g/mol. The molecule has 2 rings (SSSR count). The Morgan fingerprint density at radius 2 is 1.70 bits per heavy atom. The summed E-state index contributed by atoms with van der Waals surface area (Å²) >= 11 is 25.7. The number of halogens is 4. The van der Waals surface area contributed by atoms with Crippen molar-refractivity contribution in [2.75, 3.05) is 12.3 Å². The number of benzene rings is 2. The Hall–Kier alpha value is -0.580. The van der Waals surface area contributed by atoms with Gasteiger partial charge >= 0.3 is 0 Å². The molecule has 0 saturated carbocycles. The third-order valence-electron chi connectivity index (χ3n) is 3.02. The first-order valence-electron chi connectivity index (χ1n) is 6.73. The molecule has 0 atom stereocenters. The lowest BCUT2D eigenvalue weighted by atomic mass is 10.2. The average Bonchev–Trinajstić information content (AvgIpc) is 2.49. The number of hydrogen-bond donors (Lipinski definition) is 1. The summed E-state index contributed by atoms with van der Waals surface area (Å²) in [5, 5.41) is 4.97. The maximum Gasteiger partial charge on any atom is 0.252 e. The smallest absolute Gasteiger partial charge is 0.252 e. The summed E-state index contributed by atoms with van der Waals surface area (Å²) in [6.45, 7) is 0.518. The standard InChI is InChI=1S/C16H13Cl4NOS/c17-10-4-5-11(15(20)8-10)16(22)21-6-7-23-9-12-13(18)2-1-3-14(12)19/h1-5,8H,6-7,9H2,(H,21,22). The van der Waals surface area contributed by atoms with E-state index in [1.54, 1.807) is 30.0 Å². The quantitative estimate of drug-likeness (QED) is 0.597. The second-order valence-corrected chi connectivity index (χ2v) is 7.40. The second-order valence-electron chi connectivity index (χ2n) is 4.63. The highest BCUT2D eigenvalue weighted by Gasteiger charge is 2.10. The molecule has 2 aromatic carbocycles. The van der Waals surface area contributed by atoms with Gasteiger partial charge in [-0.25, -0.2) is 0 Å². The summed E-state index contributed by atoms with van der Waals surface area (Å²) in [7, 11) is 0. The molecule has 7 heteroatoms. The van der Waals surface area contributed by atoms with E-state index in [1.807, 2.05) is 18.2 Å². The van der Waals surface area contributed by atoms with Gasteiger partial charge in [0.05, 0.1) is 10.6 Å². The van der Waals surface area contributed by atoms with E-state index in [9.17, 15) is 4.79 Å². The molecule has 0 aromatic heterocycles. The number of hydrogen-bond acceptors (Lipinski definition) is 2. The van der Waals surface area contributed by atoms with Crippen LogP contribution in [0.1, 0.15) is 15.9 Å². The van der Waals surface area contributed by atoms with Crippen molar-refractivity contribution in [1.82, 2.24) is 5.32 Å². The number of thioether (sulfide) groups is 1. The highest BCUT2D eigenvalue weighted by molar-refractivity contribution is 7.98. The summed E-state index contributed by atoms with van der Waals surface area (Å²) in [6, 6.07) is 10.2. The van der Waals surface area contributed by atoms with E-state index in [0.717, 1.165) is 11.3 Å². The van der Waals surface area contributed by atoms with E-state index in [1.165, 1.54) is 0 Å². The van der Waals surface area contributed by atoms with Crippen LogP contribution in [0.25, 0.3) is 0 Å². The molecule has 23 heavy (non-hydrogen) atoms. The molecule has 1 amide bonds. The van der Waals surface area contributed by atoms with E-state index in [4.69, 9.17) is 46.4 Å². The van der Waals surface area contributed by atoms with Gasteiger partial charge in [0, 0.05) is 33.1 Å². The van der Waals surface area contributed by atoms with Crippen LogP contribution in [0.3, 0.4) is 0 Å². The SMILES string of the molecule is O=C(NCCSCc1c(Cl)cccc1Cl)c1ccc(Cl)cc1Cl. The molecule has 0 heterocycles. The Morgan fingerprint density at radius 3 is 2.35 bits per heavy atom. The van der Waals surface area contributed by atoms with Crippen molar-refractivity contribution >= 4 is 64.1 Å². The zero-order valence-corrected chi connectivity index (χ0v) is 15.8. The van der Waals surface area contributed by atoms with Gasteiger partial charge in [-0.15, -0.1) is 0 Å². The average molecular weight is 409 g/mol. The molecule has 2 nitrogen and oxygen atoms in total. The minimum absolute atomic E-state index is 0.219. The predicted molar refractivity (Wildman–Crippen MR) is 101 cm³/mol. The summed E-state index contributed by atoms with van der Waals surface area (Å²) in [5.74, 6) is 1.21. The van der Waals surface area contributed by atoms with Crippen molar-refractivity contribution < 1.29 is 4.79 Å². The number of amides is 1. The van der Waals surface area contributed by atoms with Gasteiger partial charge in [-0.2, -0.15) is 11.8 Å². The third kappa shape index (κ3) is 5.47. The summed E-state index contributed by atoms with van der Waals surface area (Å²) < 4.78 is 0. The second kappa shape index (κ2) is 9.05. The molecular weight excluding hydrogens is 396 g/mol. The maximum atomic E-state index is 12.0. The molecule has 1 N–H and O–H groups in total. The molecule has 122 valence electrons. The van der Waals surface area contributed by atoms with Crippen LogP contribution in [0.5, 0.6) is 0 Å². The number of carbonyl (C=O) groups is 1. The zero-order valence-electron chi connectivity index (χ0n) is 11.9. The lowest BCUT2D eigenvalue weighted by molar-refractivity contribution is 0.0956. The minimum atomic E-state index is -0.219. The Labute approximate surface area is 159 Å². The molecule has 0 saturated heterocycles. The fourth-order valence-electron chi connectivity index (χ4n) is 1.85. The highest BCUT2D eigenvalue weighted by Crippen LogP contribution is 2.28. The van der Waals surface area contributed by atoms with E-state index in [0.29, 0.717) is 38.0 Å². The molecule has 0 aliphatic rings. The molecule has 0 aliphatic heterocycles. The number of rotatable bonds is 6. The van der Waals surface area contributed by atoms with Crippen molar-refractivity contribution in [3.05, 3.63) is 67.6 Å². The number of nitrogens with one attached hydrogen (secondary N) is 1. The van der Waals surface area contributed by atoms with Gasteiger partial charge in [-0.1, -0.05) is 52.5 Å². The molecule has 0 fully saturated rings. The van der Waals surface area contributed by atoms with Crippen LogP contribution in [0, 0.1) is 0 Å². The third-order valence-corrected chi connectivity index (χ3v) is 5.26. The van der Waals surface area contributed by atoms with Gasteiger partial charge in [0.15, 0.2) is 0 Å². The van der Waals surface area contributed by atoms with E-state index < -0.39 is 0 Å². The van der Waals surface area contributed by atoms with Crippen LogP contribution in [-0.4, -0.2) is 18.2 Å². The Bertz CT molecular complexity index is 688. The van der Waals surface area contributed by atoms with Gasteiger partial charge in [0.1, 0.15) is 0 Å². The molecule has 0 aliphatic carbocycles. The van der Waals surface area contributed by atoms with Gasteiger partial charge < -0.3 is 5.32 Å². The minimum Gasteiger partial charge on any atom is -0.351 e. The first-order valence-corrected chi connectivity index (χ1v) is 9.39. The van der Waals surface area contributed by atoms with Gasteiger partial charge in [-0.3, -0.25) is 4.79 Å². The normalized spacial score (nSPS) is 10.6. The van der Waals surface area contributed by atoms with Crippen LogP contribution < -0.4 is 5.32 Å². The Balaban J connectivity index is 1.78. The predicted octanol–water partition coefficient (Wildman–Crippen LogP) is 5.96. The van der Waals surface area contributed by atoms with Crippen molar-refractivity contribution in [3.63, 3.8) is 0 Å². The van der Waals surface area contributed by atoms with E-state index in [-0.39, 0.29) is 5.91 Å². The molecule has 0 radical (unpaired) electrons. The van der Waals surface area contributed by atoms with Crippen LogP contribution in [0.15, 0.2) is 36.4 Å². The summed E-state index contributed by atoms with van der Waals surface area (Å²) in [5.41, 5.74) is 1.32. The lowest BCUT2D eigenvalue weighted by Crippen LogP contribution is -2.26. The largest absolute Gasteiger partial charge is 0.351 e. The van der Waals surface area contributed by atoms with E-state index >= 15 is 0 Å². The van der Waals surface area contributed by atoms with Crippen LogP contribution >= 0.6 is 58.2 Å². The maximum absolute atomic E-state index is 12.0. The first-order chi connectivity index (χ1) is 11.0. The van der Waals surface area contributed by atoms with Crippen molar-refractivity contribution in [2.45, 2.75) is 5.75 Å². The Morgan fingerprint density at radius 1 is 1.00 bits per heavy atom. The summed E-state index contributed by atoms with van der Waals surface area (Å²) in [4.78, 5) is 12.0. The first kappa shape index (κ1) is 18.8. The van der Waals surface area contributed by atoms with Gasteiger partial charge in [0.25, 0.3) is 5.91 Å². The van der Waals surface area contributed by atoms with Gasteiger partial charge in [0.2, 0.25) is 0 Å². The molecular formula is C16H13Cl4NOS. The van der Waals surface area contributed by atoms with Crippen molar-refractivity contribution in [1.29, 1.82) is 0 Å². The highest BCUT2D eigenvalue weighted by atomic mass is 35.5. The van der Waals surface area contributed by atoms with Crippen LogP contribution in [0.4, 0.5) is 0 Å². The fourth-order valence-corrected chi connectivity index (χ4v) is 3.94. The summed E-state index contributed by atoms with van der Waals surface area (Å²) in [6.07, 6.45) is 0. The van der Waals surface area contributed by atoms with Crippen molar-refractivity contribution in [3.8, 4) is 0 Å². The molecule has 0 bridgehead atoms. The zero-order chi connectivity index (χ0) is 16.8. The molecule has 0 spiro atoms. The van der Waals surface area contributed by atoms with E-state index in [2.05, 4.69) is 5.32 Å².